The van der Waals surface area contributed by atoms with Crippen LogP contribution in [0.4, 0.5) is 17.1 Å². The van der Waals surface area contributed by atoms with Gasteiger partial charge < -0.3 is 4.90 Å². The molecule has 9 aromatic carbocycles. The van der Waals surface area contributed by atoms with Crippen LogP contribution in [0, 0.1) is 0 Å². The van der Waals surface area contributed by atoms with Crippen LogP contribution in [0.15, 0.2) is 212 Å². The average molecular weight is 706 g/mol. The number of nitrogens with zero attached hydrogens (tertiary/aromatic N) is 1. The van der Waals surface area contributed by atoms with Crippen LogP contribution in [0.1, 0.15) is 0 Å². The molecular weight excluding hydrogens is 671 g/mol. The first-order valence-electron chi connectivity index (χ1n) is 18.4. The van der Waals surface area contributed by atoms with Crippen molar-refractivity contribution in [3.8, 4) is 44.5 Å². The van der Waals surface area contributed by atoms with Crippen molar-refractivity contribution in [1.29, 1.82) is 0 Å². The van der Waals surface area contributed by atoms with Crippen LogP contribution in [0.5, 0.6) is 0 Å². The molecule has 254 valence electrons. The Kier molecular flexibility index (Phi) is 8.09. The van der Waals surface area contributed by atoms with E-state index in [2.05, 4.69) is 217 Å². The van der Waals surface area contributed by atoms with Gasteiger partial charge in [-0.2, -0.15) is 0 Å². The molecule has 0 unspecified atom stereocenters. The lowest BCUT2D eigenvalue weighted by atomic mass is 9.90. The van der Waals surface area contributed by atoms with E-state index in [1.807, 2.05) is 11.3 Å². The van der Waals surface area contributed by atoms with Crippen molar-refractivity contribution in [2.45, 2.75) is 0 Å². The number of para-hydroxylation sites is 1. The van der Waals surface area contributed by atoms with E-state index in [1.165, 1.54) is 75.5 Å². The molecule has 0 atom stereocenters. The van der Waals surface area contributed by atoms with Gasteiger partial charge in [-0.1, -0.05) is 170 Å². The standard InChI is InChI=1S/C52H35NS/c1-4-17-36(18-5-1)42-32-31-41(35-47(42)38-21-8-3-9-22-38)53(50-29-16-27-45-44-26-13-15-30-51(44)54-52(45)50)49-28-14-12-25-43(49)48-34-40-24-11-10-23-39(40)33-46(48)37-19-6-2-7-20-37/h1-35H. The van der Waals surface area contributed by atoms with E-state index in [4.69, 9.17) is 0 Å². The minimum absolute atomic E-state index is 1.10. The summed E-state index contributed by atoms with van der Waals surface area (Å²) in [5.74, 6) is 0. The lowest BCUT2D eigenvalue weighted by Crippen LogP contribution is -2.12. The van der Waals surface area contributed by atoms with Gasteiger partial charge in [0, 0.05) is 26.7 Å². The molecule has 0 saturated carbocycles. The average Bonchev–Trinajstić information content (AvgIpc) is 3.64. The summed E-state index contributed by atoms with van der Waals surface area (Å²) in [7, 11) is 0. The summed E-state index contributed by atoms with van der Waals surface area (Å²) >= 11 is 1.87. The maximum atomic E-state index is 2.50. The second-order valence-corrected chi connectivity index (χ2v) is 14.7. The Morgan fingerprint density at radius 3 is 1.54 bits per heavy atom. The van der Waals surface area contributed by atoms with E-state index < -0.39 is 0 Å². The molecule has 1 aromatic heterocycles. The fourth-order valence-corrected chi connectivity index (χ4v) is 9.14. The Bertz CT molecular complexity index is 2930. The predicted octanol–water partition coefficient (Wildman–Crippen LogP) is 15.3. The monoisotopic (exact) mass is 705 g/mol. The van der Waals surface area contributed by atoms with Crippen molar-refractivity contribution in [3.05, 3.63) is 212 Å². The number of benzene rings is 9. The van der Waals surface area contributed by atoms with Crippen LogP contribution < -0.4 is 4.90 Å². The van der Waals surface area contributed by atoms with Crippen LogP contribution in [0.2, 0.25) is 0 Å². The Labute approximate surface area is 319 Å². The molecule has 0 radical (unpaired) electrons. The van der Waals surface area contributed by atoms with E-state index in [0.717, 1.165) is 17.1 Å². The minimum Gasteiger partial charge on any atom is -0.308 e. The lowest BCUT2D eigenvalue weighted by molar-refractivity contribution is 1.30. The van der Waals surface area contributed by atoms with Crippen molar-refractivity contribution in [2.24, 2.45) is 0 Å². The van der Waals surface area contributed by atoms with Crippen molar-refractivity contribution in [3.63, 3.8) is 0 Å². The highest BCUT2D eigenvalue weighted by atomic mass is 32.1. The first kappa shape index (κ1) is 32.0. The number of hydrogen-bond donors (Lipinski definition) is 0. The van der Waals surface area contributed by atoms with Crippen molar-refractivity contribution >= 4 is 59.3 Å². The zero-order chi connectivity index (χ0) is 35.8. The van der Waals surface area contributed by atoms with E-state index in [0.29, 0.717) is 0 Å². The highest BCUT2D eigenvalue weighted by Gasteiger charge is 2.23. The Morgan fingerprint density at radius 2 is 0.833 bits per heavy atom. The molecule has 2 heteroatoms. The van der Waals surface area contributed by atoms with Gasteiger partial charge in [-0.25, -0.2) is 0 Å². The van der Waals surface area contributed by atoms with Gasteiger partial charge in [0.25, 0.3) is 0 Å². The highest BCUT2D eigenvalue weighted by molar-refractivity contribution is 7.26. The van der Waals surface area contributed by atoms with Crippen LogP contribution in [-0.2, 0) is 0 Å². The fourth-order valence-electron chi connectivity index (χ4n) is 7.93. The molecule has 1 heterocycles. The van der Waals surface area contributed by atoms with Crippen LogP contribution in [0.25, 0.3) is 75.5 Å². The molecule has 10 rings (SSSR count). The van der Waals surface area contributed by atoms with Crippen molar-refractivity contribution in [1.82, 2.24) is 0 Å². The second kappa shape index (κ2) is 13.7. The van der Waals surface area contributed by atoms with Crippen molar-refractivity contribution in [2.75, 3.05) is 4.90 Å². The van der Waals surface area contributed by atoms with Gasteiger partial charge in [0.05, 0.1) is 16.1 Å². The highest BCUT2D eigenvalue weighted by Crippen LogP contribution is 2.50. The van der Waals surface area contributed by atoms with Gasteiger partial charge in [0.1, 0.15) is 0 Å². The number of thiophene rings is 1. The van der Waals surface area contributed by atoms with E-state index in [1.54, 1.807) is 0 Å². The Morgan fingerprint density at radius 1 is 0.315 bits per heavy atom. The van der Waals surface area contributed by atoms with E-state index >= 15 is 0 Å². The third-order valence-corrected chi connectivity index (χ3v) is 11.7. The molecule has 0 bridgehead atoms. The fraction of sp³-hybridized carbons (Fsp3) is 0. The molecule has 0 spiro atoms. The third kappa shape index (κ3) is 5.65. The van der Waals surface area contributed by atoms with Crippen LogP contribution in [-0.4, -0.2) is 0 Å². The Hall–Kier alpha value is -6.74. The largest absolute Gasteiger partial charge is 0.308 e. The van der Waals surface area contributed by atoms with E-state index in [-0.39, 0.29) is 0 Å². The molecule has 54 heavy (non-hydrogen) atoms. The summed E-state index contributed by atoms with van der Waals surface area (Å²) in [6.45, 7) is 0. The third-order valence-electron chi connectivity index (χ3n) is 10.5. The zero-order valence-electron chi connectivity index (χ0n) is 29.6. The molecular formula is C52H35NS. The summed E-state index contributed by atoms with van der Waals surface area (Å²) in [5.41, 5.74) is 13.0. The van der Waals surface area contributed by atoms with Gasteiger partial charge in [-0.3, -0.25) is 0 Å². The first-order valence-corrected chi connectivity index (χ1v) is 19.2. The van der Waals surface area contributed by atoms with Gasteiger partial charge >= 0.3 is 0 Å². The molecule has 10 aromatic rings. The van der Waals surface area contributed by atoms with E-state index in [9.17, 15) is 0 Å². The van der Waals surface area contributed by atoms with Crippen LogP contribution in [0.3, 0.4) is 0 Å². The molecule has 0 aliphatic carbocycles. The predicted molar refractivity (Wildman–Crippen MR) is 233 cm³/mol. The number of hydrogen-bond acceptors (Lipinski definition) is 2. The molecule has 0 aliphatic rings. The normalized spacial score (nSPS) is 11.3. The maximum Gasteiger partial charge on any atom is 0.0640 e. The molecule has 0 fully saturated rings. The number of rotatable bonds is 7. The van der Waals surface area contributed by atoms with Crippen LogP contribution >= 0.6 is 11.3 Å². The maximum absolute atomic E-state index is 2.50. The molecule has 1 nitrogen and oxygen atoms in total. The summed E-state index contributed by atoms with van der Waals surface area (Å²) < 4.78 is 2.56. The Balaban J connectivity index is 1.28. The van der Waals surface area contributed by atoms with Gasteiger partial charge in [-0.05, 0) is 92.2 Å². The minimum atomic E-state index is 1.10. The summed E-state index contributed by atoms with van der Waals surface area (Å²) in [6.07, 6.45) is 0. The van der Waals surface area contributed by atoms with Gasteiger partial charge in [0.2, 0.25) is 0 Å². The number of fused-ring (bicyclic) bond motifs is 4. The second-order valence-electron chi connectivity index (χ2n) is 13.7. The summed E-state index contributed by atoms with van der Waals surface area (Å²) in [5, 5.41) is 5.01. The smallest absolute Gasteiger partial charge is 0.0640 e. The molecule has 0 amide bonds. The lowest BCUT2D eigenvalue weighted by Gasteiger charge is -2.30. The molecule has 0 aliphatic heterocycles. The number of anilines is 3. The van der Waals surface area contributed by atoms with Crippen molar-refractivity contribution < 1.29 is 0 Å². The summed E-state index contributed by atoms with van der Waals surface area (Å²) in [6, 6.07) is 77.3. The molecule has 0 saturated heterocycles. The quantitative estimate of drug-likeness (QED) is 0.160. The SMILES string of the molecule is c1ccc(-c2ccc(N(c3ccccc3-c3cc4ccccc4cc3-c3ccccc3)c3cccc4c3sc3ccccc34)cc2-c2ccccc2)cc1. The summed E-state index contributed by atoms with van der Waals surface area (Å²) in [4.78, 5) is 2.50. The molecule has 0 N–H and O–H groups in total. The zero-order valence-corrected chi connectivity index (χ0v) is 30.4. The van der Waals surface area contributed by atoms with Gasteiger partial charge in [-0.15, -0.1) is 11.3 Å². The topological polar surface area (TPSA) is 3.24 Å². The first-order chi connectivity index (χ1) is 26.8. The van der Waals surface area contributed by atoms with Gasteiger partial charge in [0.15, 0.2) is 0 Å².